The second-order valence-electron chi connectivity index (χ2n) is 2.68. The van der Waals surface area contributed by atoms with Crippen molar-refractivity contribution < 1.29 is 14.0 Å². The van der Waals surface area contributed by atoms with E-state index in [0.717, 1.165) is 0 Å². The van der Waals surface area contributed by atoms with Gasteiger partial charge in [0.1, 0.15) is 16.6 Å². The molecular formula is C9H11ClFNO2. The molecule has 1 rings (SSSR count). The molecular weight excluding hydrogens is 209 g/mol. The van der Waals surface area contributed by atoms with Crippen LogP contribution in [0, 0.1) is 5.82 Å². The molecule has 0 saturated carbocycles. The summed E-state index contributed by atoms with van der Waals surface area (Å²) < 4.78 is 18.3. The fourth-order valence-corrected chi connectivity index (χ4v) is 1.35. The van der Waals surface area contributed by atoms with E-state index in [4.69, 9.17) is 22.2 Å². The summed E-state index contributed by atoms with van der Waals surface area (Å²) >= 11 is 5.71. The van der Waals surface area contributed by atoms with Crippen molar-refractivity contribution in [2.75, 3.05) is 13.7 Å². The van der Waals surface area contributed by atoms with Crippen LogP contribution in [0.1, 0.15) is 5.56 Å². The van der Waals surface area contributed by atoms with Crippen LogP contribution >= 0.6 is 11.6 Å². The lowest BCUT2D eigenvalue weighted by atomic mass is 10.1. The zero-order valence-electron chi connectivity index (χ0n) is 7.72. The summed E-state index contributed by atoms with van der Waals surface area (Å²) in [6.07, 6.45) is 0.381. The molecule has 0 fully saturated rings. The molecule has 0 aromatic heterocycles. The summed E-state index contributed by atoms with van der Waals surface area (Å²) in [4.78, 5) is 4.36. The predicted molar refractivity (Wildman–Crippen MR) is 51.8 cm³/mol. The van der Waals surface area contributed by atoms with E-state index in [0.29, 0.717) is 17.7 Å². The Kier molecular flexibility index (Phi) is 4.13. The Morgan fingerprint density at radius 3 is 2.79 bits per heavy atom. The lowest BCUT2D eigenvalue weighted by Gasteiger charge is -2.07. The van der Waals surface area contributed by atoms with Gasteiger partial charge < -0.3 is 9.57 Å². The van der Waals surface area contributed by atoms with Crippen LogP contribution in [0.25, 0.3) is 0 Å². The summed E-state index contributed by atoms with van der Waals surface area (Å²) in [6, 6.07) is 3.20. The molecule has 0 heterocycles. The molecule has 0 amide bonds. The molecule has 0 aliphatic heterocycles. The van der Waals surface area contributed by atoms with Gasteiger partial charge in [-0.3, -0.25) is 0 Å². The van der Waals surface area contributed by atoms with E-state index in [1.807, 2.05) is 0 Å². The number of hydrogen-bond acceptors (Lipinski definition) is 3. The SMILES string of the molecule is COc1ccc(CCON)c(F)c1Cl. The molecule has 0 unspecified atom stereocenters. The first-order valence-electron chi connectivity index (χ1n) is 4.03. The summed E-state index contributed by atoms with van der Waals surface area (Å²) in [6.45, 7) is 0.250. The standard InChI is InChI=1S/C9H11ClFNO2/c1-13-7-3-2-6(4-5-14-12)9(11)8(7)10/h2-3H,4-5,12H2,1H3. The first-order valence-corrected chi connectivity index (χ1v) is 4.41. The van der Waals surface area contributed by atoms with Crippen molar-refractivity contribution in [2.24, 2.45) is 5.90 Å². The first-order chi connectivity index (χ1) is 6.70. The molecule has 1 aromatic rings. The average Bonchev–Trinajstić information content (AvgIpc) is 2.20. The minimum absolute atomic E-state index is 0.0120. The van der Waals surface area contributed by atoms with Crippen LogP contribution in [0.15, 0.2) is 12.1 Å². The van der Waals surface area contributed by atoms with Crippen molar-refractivity contribution in [3.05, 3.63) is 28.5 Å². The Morgan fingerprint density at radius 2 is 2.21 bits per heavy atom. The minimum atomic E-state index is -0.483. The van der Waals surface area contributed by atoms with Gasteiger partial charge in [-0.05, 0) is 11.6 Å². The summed E-state index contributed by atoms with van der Waals surface area (Å²) in [7, 11) is 1.43. The van der Waals surface area contributed by atoms with Crippen LogP contribution in [0.5, 0.6) is 5.75 Å². The van der Waals surface area contributed by atoms with Gasteiger partial charge in [-0.1, -0.05) is 17.7 Å². The van der Waals surface area contributed by atoms with Gasteiger partial charge >= 0.3 is 0 Å². The fourth-order valence-electron chi connectivity index (χ4n) is 1.09. The maximum atomic E-state index is 13.5. The van der Waals surface area contributed by atoms with Gasteiger partial charge in [0.15, 0.2) is 0 Å². The molecule has 3 nitrogen and oxygen atoms in total. The number of benzene rings is 1. The van der Waals surface area contributed by atoms with E-state index >= 15 is 0 Å². The number of rotatable bonds is 4. The molecule has 0 radical (unpaired) electrons. The molecule has 0 saturated heterocycles. The molecule has 14 heavy (non-hydrogen) atoms. The van der Waals surface area contributed by atoms with Gasteiger partial charge in [-0.15, -0.1) is 0 Å². The predicted octanol–water partition coefficient (Wildman–Crippen LogP) is 1.92. The second kappa shape index (κ2) is 5.14. The summed E-state index contributed by atoms with van der Waals surface area (Å²) in [5.41, 5.74) is 0.459. The van der Waals surface area contributed by atoms with Gasteiger partial charge in [0.05, 0.1) is 13.7 Å². The van der Waals surface area contributed by atoms with Gasteiger partial charge in [-0.25, -0.2) is 10.3 Å². The molecule has 0 aliphatic rings. The Bertz CT molecular complexity index is 320. The zero-order chi connectivity index (χ0) is 10.6. The zero-order valence-corrected chi connectivity index (χ0v) is 8.47. The van der Waals surface area contributed by atoms with Crippen molar-refractivity contribution in [3.63, 3.8) is 0 Å². The van der Waals surface area contributed by atoms with Crippen molar-refractivity contribution >= 4 is 11.6 Å². The van der Waals surface area contributed by atoms with Crippen LogP contribution < -0.4 is 10.6 Å². The lowest BCUT2D eigenvalue weighted by Crippen LogP contribution is -2.05. The largest absolute Gasteiger partial charge is 0.495 e. The van der Waals surface area contributed by atoms with Crippen LogP contribution in [0.3, 0.4) is 0 Å². The Labute approximate surface area is 86.5 Å². The van der Waals surface area contributed by atoms with Crippen LogP contribution in [0.4, 0.5) is 4.39 Å². The van der Waals surface area contributed by atoms with E-state index in [1.54, 1.807) is 12.1 Å². The topological polar surface area (TPSA) is 44.5 Å². The maximum absolute atomic E-state index is 13.5. The first kappa shape index (κ1) is 11.2. The molecule has 0 atom stereocenters. The number of halogens is 2. The van der Waals surface area contributed by atoms with Gasteiger partial charge in [0.25, 0.3) is 0 Å². The summed E-state index contributed by atoms with van der Waals surface area (Å²) in [5.74, 6) is 4.68. The lowest BCUT2D eigenvalue weighted by molar-refractivity contribution is 0.140. The Balaban J connectivity index is 2.92. The van der Waals surface area contributed by atoms with E-state index in [1.165, 1.54) is 7.11 Å². The van der Waals surface area contributed by atoms with Gasteiger partial charge in [0.2, 0.25) is 0 Å². The smallest absolute Gasteiger partial charge is 0.148 e. The van der Waals surface area contributed by atoms with Gasteiger partial charge in [0, 0.05) is 6.42 Å². The van der Waals surface area contributed by atoms with E-state index < -0.39 is 5.82 Å². The molecule has 0 bridgehead atoms. The molecule has 78 valence electrons. The van der Waals surface area contributed by atoms with E-state index in [-0.39, 0.29) is 11.6 Å². The highest BCUT2D eigenvalue weighted by molar-refractivity contribution is 6.32. The van der Waals surface area contributed by atoms with Crippen molar-refractivity contribution in [3.8, 4) is 5.75 Å². The number of hydrogen-bond donors (Lipinski definition) is 1. The minimum Gasteiger partial charge on any atom is -0.495 e. The Hall–Kier alpha value is -0.840. The third-order valence-electron chi connectivity index (χ3n) is 1.84. The van der Waals surface area contributed by atoms with Crippen molar-refractivity contribution in [1.29, 1.82) is 0 Å². The number of ether oxygens (including phenoxy) is 1. The molecule has 0 aliphatic carbocycles. The van der Waals surface area contributed by atoms with Crippen molar-refractivity contribution in [2.45, 2.75) is 6.42 Å². The fraction of sp³-hybridized carbons (Fsp3) is 0.333. The Morgan fingerprint density at radius 1 is 1.50 bits per heavy atom. The van der Waals surface area contributed by atoms with E-state index in [2.05, 4.69) is 4.84 Å². The van der Waals surface area contributed by atoms with Gasteiger partial charge in [-0.2, -0.15) is 0 Å². The van der Waals surface area contributed by atoms with Crippen molar-refractivity contribution in [1.82, 2.24) is 0 Å². The monoisotopic (exact) mass is 219 g/mol. The second-order valence-corrected chi connectivity index (χ2v) is 3.05. The molecule has 0 spiro atoms. The third-order valence-corrected chi connectivity index (χ3v) is 2.19. The molecule has 5 heteroatoms. The van der Waals surface area contributed by atoms with Crippen LogP contribution in [-0.2, 0) is 11.3 Å². The number of nitrogens with two attached hydrogens (primary N) is 1. The highest BCUT2D eigenvalue weighted by atomic mass is 35.5. The summed E-state index contributed by atoms with van der Waals surface area (Å²) in [5, 5.41) is -0.0120. The highest BCUT2D eigenvalue weighted by Crippen LogP contribution is 2.29. The highest BCUT2D eigenvalue weighted by Gasteiger charge is 2.11. The quantitative estimate of drug-likeness (QED) is 0.787. The maximum Gasteiger partial charge on any atom is 0.148 e. The molecule has 2 N–H and O–H groups in total. The van der Waals surface area contributed by atoms with Crippen LogP contribution in [-0.4, -0.2) is 13.7 Å². The number of methoxy groups -OCH3 is 1. The molecule has 1 aromatic carbocycles. The normalized spacial score (nSPS) is 10.3. The van der Waals surface area contributed by atoms with E-state index in [9.17, 15) is 4.39 Å². The third kappa shape index (κ3) is 2.35. The van der Waals surface area contributed by atoms with Crippen LogP contribution in [0.2, 0.25) is 5.02 Å². The average molecular weight is 220 g/mol.